The second kappa shape index (κ2) is 9.06. The van der Waals surface area contributed by atoms with Crippen molar-refractivity contribution in [2.24, 2.45) is 0 Å². The molecule has 1 aromatic carbocycles. The van der Waals surface area contributed by atoms with E-state index in [0.717, 1.165) is 30.4 Å². The summed E-state index contributed by atoms with van der Waals surface area (Å²) in [6.07, 6.45) is 5.20. The summed E-state index contributed by atoms with van der Waals surface area (Å²) in [7, 11) is 0. The summed E-state index contributed by atoms with van der Waals surface area (Å²) in [6, 6.07) is 7.99. The van der Waals surface area contributed by atoms with Crippen LogP contribution < -0.4 is 0 Å². The third-order valence-corrected chi connectivity index (χ3v) is 3.99. The highest BCUT2D eigenvalue weighted by Crippen LogP contribution is 2.22. The smallest absolute Gasteiger partial charge is 0.319 e. The number of hydrogen-bond donors (Lipinski definition) is 1. The minimum atomic E-state index is -0.307. The Bertz CT molecular complexity index is 417. The first kappa shape index (κ1) is 17.1. The Labute approximate surface area is 128 Å². The third-order valence-electron chi connectivity index (χ3n) is 3.52. The molecule has 0 aliphatic carbocycles. The Kier molecular flexibility index (Phi) is 7.75. The van der Waals surface area contributed by atoms with E-state index in [9.17, 15) is 4.79 Å². The van der Waals surface area contributed by atoms with Gasteiger partial charge < -0.3 is 4.74 Å². The van der Waals surface area contributed by atoms with E-state index in [2.05, 4.69) is 19.6 Å². The fourth-order valence-corrected chi connectivity index (χ4v) is 2.48. The quantitative estimate of drug-likeness (QED) is 0.420. The lowest BCUT2D eigenvalue weighted by Crippen LogP contribution is -2.20. The van der Waals surface area contributed by atoms with Crippen molar-refractivity contribution in [3.8, 4) is 0 Å². The first-order valence-corrected chi connectivity index (χ1v) is 8.02. The maximum Gasteiger partial charge on any atom is 0.319 e. The maximum atomic E-state index is 12.0. The molecule has 0 saturated carbocycles. The zero-order valence-corrected chi connectivity index (χ0v) is 13.7. The number of esters is 1. The van der Waals surface area contributed by atoms with Gasteiger partial charge in [0.15, 0.2) is 0 Å². The van der Waals surface area contributed by atoms with E-state index in [4.69, 9.17) is 4.74 Å². The number of carbonyl (C=O) groups is 1. The number of unbranched alkanes of at least 4 members (excludes halogenated alkanes) is 3. The normalized spacial score (nSPS) is 13.8. The molecule has 0 heterocycles. The van der Waals surface area contributed by atoms with Crippen LogP contribution in [0.3, 0.4) is 0 Å². The zero-order chi connectivity index (χ0) is 15.0. The van der Waals surface area contributed by atoms with Crippen LogP contribution in [0.5, 0.6) is 0 Å². The average Bonchev–Trinajstić information content (AvgIpc) is 2.43. The topological polar surface area (TPSA) is 26.3 Å². The molecule has 1 aromatic rings. The third kappa shape index (κ3) is 5.58. The van der Waals surface area contributed by atoms with E-state index in [1.807, 2.05) is 38.1 Å². The molecule has 0 bridgehead atoms. The number of benzene rings is 1. The van der Waals surface area contributed by atoms with Crippen molar-refractivity contribution in [3.63, 3.8) is 0 Å². The first-order chi connectivity index (χ1) is 9.56. The monoisotopic (exact) mass is 294 g/mol. The van der Waals surface area contributed by atoms with Gasteiger partial charge in [0.1, 0.15) is 6.10 Å². The molecule has 3 heteroatoms. The molecule has 112 valence electrons. The van der Waals surface area contributed by atoms with Crippen LogP contribution in [0.2, 0.25) is 0 Å². The summed E-state index contributed by atoms with van der Waals surface area (Å²) in [5.74, 6) is -0.208. The van der Waals surface area contributed by atoms with Gasteiger partial charge in [-0.1, -0.05) is 56.9 Å². The molecule has 0 aromatic heterocycles. The van der Waals surface area contributed by atoms with Crippen LogP contribution in [0.1, 0.15) is 63.2 Å². The molecule has 0 radical (unpaired) electrons. The lowest BCUT2D eigenvalue weighted by molar-refractivity contribution is -0.148. The van der Waals surface area contributed by atoms with Crippen LogP contribution in [0, 0.1) is 6.92 Å². The molecule has 0 aliphatic rings. The fraction of sp³-hybridized carbons (Fsp3) is 0.588. The maximum absolute atomic E-state index is 12.0. The van der Waals surface area contributed by atoms with E-state index in [1.165, 1.54) is 12.8 Å². The van der Waals surface area contributed by atoms with Crippen molar-refractivity contribution < 1.29 is 9.53 Å². The second-order valence-corrected chi connectivity index (χ2v) is 5.92. The van der Waals surface area contributed by atoms with Crippen LogP contribution in [-0.2, 0) is 9.53 Å². The molecule has 0 N–H and O–H groups in total. The molecule has 2 nitrogen and oxygen atoms in total. The van der Waals surface area contributed by atoms with Crippen LogP contribution >= 0.6 is 12.6 Å². The minimum absolute atomic E-state index is 0.208. The molecule has 0 amide bonds. The van der Waals surface area contributed by atoms with Crippen molar-refractivity contribution in [2.75, 3.05) is 0 Å². The van der Waals surface area contributed by atoms with Crippen molar-refractivity contribution in [1.29, 1.82) is 0 Å². The van der Waals surface area contributed by atoms with Crippen molar-refractivity contribution in [3.05, 3.63) is 35.4 Å². The lowest BCUT2D eigenvalue weighted by atomic mass is 10.0. The summed E-state index contributed by atoms with van der Waals surface area (Å²) in [5.41, 5.74) is 2.21. The van der Waals surface area contributed by atoms with Gasteiger partial charge in [0.25, 0.3) is 0 Å². The highest BCUT2D eigenvalue weighted by molar-refractivity contribution is 7.81. The Morgan fingerprint density at radius 1 is 1.25 bits per heavy atom. The number of aryl methyl sites for hydroxylation is 1. The van der Waals surface area contributed by atoms with E-state index in [1.54, 1.807) is 0 Å². The predicted octanol–water partition coefficient (Wildman–Crippen LogP) is 4.87. The van der Waals surface area contributed by atoms with Crippen molar-refractivity contribution in [1.82, 2.24) is 0 Å². The van der Waals surface area contributed by atoms with Crippen LogP contribution in [0.15, 0.2) is 24.3 Å². The molecule has 0 fully saturated rings. The molecule has 2 atom stereocenters. The molecule has 1 rings (SSSR count). The Hall–Kier alpha value is -0.960. The number of ether oxygens (including phenoxy) is 1. The molecule has 2 unspecified atom stereocenters. The Morgan fingerprint density at radius 3 is 2.60 bits per heavy atom. The Balaban J connectivity index is 2.43. The molecule has 0 aliphatic heterocycles. The highest BCUT2D eigenvalue weighted by atomic mass is 32.1. The average molecular weight is 294 g/mol. The van der Waals surface area contributed by atoms with Gasteiger partial charge in [-0.05, 0) is 31.4 Å². The second-order valence-electron chi connectivity index (χ2n) is 5.30. The standard InChI is InChI=1S/C17H26O2S/c1-4-5-6-7-12-16(20)17(18)19-14(3)15-11-9-8-10-13(15)2/h8-11,14,16,20H,4-7,12H2,1-3H3. The molecule has 0 spiro atoms. The molecule has 20 heavy (non-hydrogen) atoms. The summed E-state index contributed by atoms with van der Waals surface area (Å²) in [5, 5.41) is -0.307. The van der Waals surface area contributed by atoms with Gasteiger partial charge in [0.05, 0.1) is 5.25 Å². The summed E-state index contributed by atoms with van der Waals surface area (Å²) in [4.78, 5) is 12.0. The minimum Gasteiger partial charge on any atom is -0.457 e. The largest absolute Gasteiger partial charge is 0.457 e. The molecule has 0 saturated heterocycles. The van der Waals surface area contributed by atoms with E-state index in [-0.39, 0.29) is 17.3 Å². The summed E-state index contributed by atoms with van der Waals surface area (Å²) >= 11 is 4.37. The van der Waals surface area contributed by atoms with E-state index in [0.29, 0.717) is 0 Å². The summed E-state index contributed by atoms with van der Waals surface area (Å²) in [6.45, 7) is 6.12. The number of thiol groups is 1. The van der Waals surface area contributed by atoms with Crippen LogP contribution in [0.25, 0.3) is 0 Å². The van der Waals surface area contributed by atoms with Crippen LogP contribution in [-0.4, -0.2) is 11.2 Å². The van der Waals surface area contributed by atoms with Crippen molar-refractivity contribution >= 4 is 18.6 Å². The first-order valence-electron chi connectivity index (χ1n) is 7.50. The SMILES string of the molecule is CCCCCCC(S)C(=O)OC(C)c1ccccc1C. The molecular weight excluding hydrogens is 268 g/mol. The highest BCUT2D eigenvalue weighted by Gasteiger charge is 2.19. The van der Waals surface area contributed by atoms with Gasteiger partial charge in [-0.3, -0.25) is 4.79 Å². The van der Waals surface area contributed by atoms with Gasteiger partial charge in [-0.2, -0.15) is 12.6 Å². The Morgan fingerprint density at radius 2 is 1.95 bits per heavy atom. The van der Waals surface area contributed by atoms with E-state index < -0.39 is 0 Å². The number of hydrogen-bond acceptors (Lipinski definition) is 3. The lowest BCUT2D eigenvalue weighted by Gasteiger charge is -2.18. The van der Waals surface area contributed by atoms with E-state index >= 15 is 0 Å². The van der Waals surface area contributed by atoms with Gasteiger partial charge in [-0.25, -0.2) is 0 Å². The van der Waals surface area contributed by atoms with Gasteiger partial charge in [0, 0.05) is 0 Å². The summed E-state index contributed by atoms with van der Waals surface area (Å²) < 4.78 is 5.52. The fourth-order valence-electron chi connectivity index (χ4n) is 2.24. The van der Waals surface area contributed by atoms with Crippen LogP contribution in [0.4, 0.5) is 0 Å². The van der Waals surface area contributed by atoms with Gasteiger partial charge >= 0.3 is 5.97 Å². The number of rotatable bonds is 8. The van der Waals surface area contributed by atoms with Gasteiger partial charge in [0.2, 0.25) is 0 Å². The molecular formula is C17H26O2S. The van der Waals surface area contributed by atoms with Crippen molar-refractivity contribution in [2.45, 2.75) is 64.2 Å². The number of carbonyl (C=O) groups excluding carboxylic acids is 1. The zero-order valence-electron chi connectivity index (χ0n) is 12.8. The van der Waals surface area contributed by atoms with Gasteiger partial charge in [-0.15, -0.1) is 0 Å². The predicted molar refractivity (Wildman–Crippen MR) is 87.2 cm³/mol.